The highest BCUT2D eigenvalue weighted by Crippen LogP contribution is 2.09. The zero-order valence-corrected chi connectivity index (χ0v) is 20.9. The molecular formula is C23H36N8O5. The van der Waals surface area contributed by atoms with Gasteiger partial charge in [0, 0.05) is 36.6 Å². The van der Waals surface area contributed by atoms with E-state index in [-0.39, 0.29) is 24.7 Å². The lowest BCUT2D eigenvalue weighted by atomic mass is 9.98. The van der Waals surface area contributed by atoms with Crippen LogP contribution in [0, 0.1) is 11.8 Å². The van der Waals surface area contributed by atoms with Gasteiger partial charge < -0.3 is 36.8 Å². The fourth-order valence-electron chi connectivity index (χ4n) is 3.47. The number of carboxylic acids is 1. The number of nitrogens with zero attached hydrogens (tertiary/aromatic N) is 2. The Hall–Kier alpha value is -3.74. The summed E-state index contributed by atoms with van der Waals surface area (Å²) in [6, 6.07) is -4.13. The van der Waals surface area contributed by atoms with Gasteiger partial charge in [0.05, 0.1) is 18.7 Å². The number of carbonyl (C=O) groups excluding carboxylic acids is 3. The maximum absolute atomic E-state index is 13.3. The van der Waals surface area contributed by atoms with Gasteiger partial charge >= 0.3 is 5.97 Å². The van der Waals surface area contributed by atoms with Gasteiger partial charge in [-0.15, -0.1) is 0 Å². The Balaban J connectivity index is 2.16. The van der Waals surface area contributed by atoms with Crippen molar-refractivity contribution in [2.45, 2.75) is 71.1 Å². The predicted octanol–water partition coefficient (Wildman–Crippen LogP) is -0.514. The molecule has 0 aliphatic heterocycles. The lowest BCUT2D eigenvalue weighted by Gasteiger charge is -2.27. The summed E-state index contributed by atoms with van der Waals surface area (Å²) in [6.45, 7) is 7.19. The molecule has 0 aromatic carbocycles. The van der Waals surface area contributed by atoms with Gasteiger partial charge in [0.1, 0.15) is 18.1 Å². The first kappa shape index (κ1) is 28.5. The summed E-state index contributed by atoms with van der Waals surface area (Å²) in [4.78, 5) is 64.2. The van der Waals surface area contributed by atoms with E-state index in [4.69, 9.17) is 5.73 Å². The Bertz CT molecular complexity index is 992. The summed E-state index contributed by atoms with van der Waals surface area (Å²) < 4.78 is 0. The van der Waals surface area contributed by atoms with E-state index >= 15 is 0 Å². The fraction of sp³-hybridized carbons (Fsp3) is 0.565. The first-order valence-corrected chi connectivity index (χ1v) is 11.9. The maximum atomic E-state index is 13.3. The second-order valence-electron chi connectivity index (χ2n) is 9.16. The molecular weight excluding hydrogens is 468 g/mol. The predicted molar refractivity (Wildman–Crippen MR) is 130 cm³/mol. The number of nitrogens with one attached hydrogen (secondary N) is 5. The molecule has 2 aromatic heterocycles. The number of aromatic nitrogens is 4. The summed E-state index contributed by atoms with van der Waals surface area (Å²) >= 11 is 0. The van der Waals surface area contributed by atoms with Gasteiger partial charge in [-0.1, -0.05) is 34.1 Å². The molecule has 13 nitrogen and oxygen atoms in total. The minimum Gasteiger partial charge on any atom is -0.480 e. The van der Waals surface area contributed by atoms with E-state index in [1.165, 1.54) is 25.0 Å². The van der Waals surface area contributed by atoms with Crippen molar-refractivity contribution in [2.24, 2.45) is 17.6 Å². The number of H-pyrrole nitrogens is 2. The molecule has 0 saturated carbocycles. The van der Waals surface area contributed by atoms with Gasteiger partial charge in [-0.2, -0.15) is 0 Å². The first-order chi connectivity index (χ1) is 17.0. The maximum Gasteiger partial charge on any atom is 0.326 e. The van der Waals surface area contributed by atoms with Crippen molar-refractivity contribution in [2.75, 3.05) is 0 Å². The molecule has 0 spiro atoms. The van der Waals surface area contributed by atoms with Gasteiger partial charge in [-0.3, -0.25) is 14.4 Å². The number of carboxylic acid groups (broad SMARTS) is 1. The molecule has 0 fully saturated rings. The topological polar surface area (TPSA) is 208 Å². The number of hydrogen-bond acceptors (Lipinski definition) is 7. The van der Waals surface area contributed by atoms with E-state index in [1.807, 2.05) is 13.8 Å². The third kappa shape index (κ3) is 8.18. The summed E-state index contributed by atoms with van der Waals surface area (Å²) in [7, 11) is 0. The van der Waals surface area contributed by atoms with Gasteiger partial charge in [-0.25, -0.2) is 14.8 Å². The van der Waals surface area contributed by atoms with Gasteiger partial charge in [0.15, 0.2) is 0 Å². The molecule has 5 atom stereocenters. The molecule has 198 valence electrons. The molecule has 13 heteroatoms. The van der Waals surface area contributed by atoms with Crippen molar-refractivity contribution in [1.29, 1.82) is 0 Å². The molecule has 5 unspecified atom stereocenters. The van der Waals surface area contributed by atoms with Crippen LogP contribution in [0.5, 0.6) is 0 Å². The van der Waals surface area contributed by atoms with Gasteiger partial charge in [0.25, 0.3) is 0 Å². The minimum absolute atomic E-state index is 0.00809. The summed E-state index contributed by atoms with van der Waals surface area (Å²) in [5.41, 5.74) is 7.17. The van der Waals surface area contributed by atoms with Crippen LogP contribution in [0.4, 0.5) is 0 Å². The van der Waals surface area contributed by atoms with Crippen LogP contribution in [0.25, 0.3) is 0 Å². The third-order valence-corrected chi connectivity index (χ3v) is 6.01. The highest BCUT2D eigenvalue weighted by molar-refractivity contribution is 5.94. The number of carbonyl (C=O) groups is 4. The molecule has 2 heterocycles. The zero-order chi connectivity index (χ0) is 26.8. The molecule has 36 heavy (non-hydrogen) atoms. The van der Waals surface area contributed by atoms with Crippen LogP contribution in [0.15, 0.2) is 25.0 Å². The van der Waals surface area contributed by atoms with Crippen molar-refractivity contribution in [1.82, 2.24) is 35.9 Å². The largest absolute Gasteiger partial charge is 0.480 e. The van der Waals surface area contributed by atoms with Crippen LogP contribution in [0.3, 0.4) is 0 Å². The average Bonchev–Trinajstić information content (AvgIpc) is 3.54. The molecule has 0 radical (unpaired) electrons. The average molecular weight is 505 g/mol. The molecule has 0 bridgehead atoms. The monoisotopic (exact) mass is 504 g/mol. The highest BCUT2D eigenvalue weighted by atomic mass is 16.4. The van der Waals surface area contributed by atoms with E-state index in [0.717, 1.165) is 0 Å². The SMILES string of the molecule is CCC(C)C(N)C(=O)NC(Cc1cnc[nH]1)C(=O)NC(C(=O)NC(Cc1cnc[nH]1)C(=O)O)C(C)C. The van der Waals surface area contributed by atoms with Crippen LogP contribution >= 0.6 is 0 Å². The molecule has 0 aliphatic carbocycles. The Morgan fingerprint density at radius 3 is 1.86 bits per heavy atom. The Morgan fingerprint density at radius 2 is 1.42 bits per heavy atom. The van der Waals surface area contributed by atoms with Crippen LogP contribution in [-0.4, -0.2) is 72.9 Å². The molecule has 2 rings (SSSR count). The highest BCUT2D eigenvalue weighted by Gasteiger charge is 2.33. The van der Waals surface area contributed by atoms with E-state index < -0.39 is 47.9 Å². The molecule has 2 aromatic rings. The molecule has 0 saturated heterocycles. The second-order valence-corrected chi connectivity index (χ2v) is 9.16. The fourth-order valence-corrected chi connectivity index (χ4v) is 3.47. The van der Waals surface area contributed by atoms with E-state index in [9.17, 15) is 24.3 Å². The van der Waals surface area contributed by atoms with Crippen LogP contribution in [-0.2, 0) is 32.0 Å². The number of amides is 3. The summed E-state index contributed by atoms with van der Waals surface area (Å²) in [5.74, 6) is -3.45. The van der Waals surface area contributed by atoms with Crippen LogP contribution in [0.2, 0.25) is 0 Å². The van der Waals surface area contributed by atoms with Crippen molar-refractivity contribution >= 4 is 23.7 Å². The van der Waals surface area contributed by atoms with Crippen molar-refractivity contribution < 1.29 is 24.3 Å². The zero-order valence-electron chi connectivity index (χ0n) is 20.9. The first-order valence-electron chi connectivity index (χ1n) is 11.9. The van der Waals surface area contributed by atoms with Crippen LogP contribution < -0.4 is 21.7 Å². The lowest BCUT2D eigenvalue weighted by molar-refractivity contribution is -0.142. The molecule has 8 N–H and O–H groups in total. The van der Waals surface area contributed by atoms with Gasteiger partial charge in [0.2, 0.25) is 17.7 Å². The number of rotatable bonds is 14. The van der Waals surface area contributed by atoms with E-state index in [0.29, 0.717) is 17.8 Å². The molecule has 0 aliphatic rings. The number of aromatic amines is 2. The lowest BCUT2D eigenvalue weighted by Crippen LogP contribution is -2.59. The van der Waals surface area contributed by atoms with Crippen molar-refractivity contribution in [3.8, 4) is 0 Å². The van der Waals surface area contributed by atoms with Crippen molar-refractivity contribution in [3.63, 3.8) is 0 Å². The Kier molecular flexibility index (Phi) is 10.6. The Morgan fingerprint density at radius 1 is 0.889 bits per heavy atom. The summed E-state index contributed by atoms with van der Waals surface area (Å²) in [6.07, 6.45) is 6.63. The Labute approximate surface area is 209 Å². The van der Waals surface area contributed by atoms with E-state index in [1.54, 1.807) is 13.8 Å². The van der Waals surface area contributed by atoms with Gasteiger partial charge in [-0.05, 0) is 11.8 Å². The normalized spacial score (nSPS) is 15.4. The summed E-state index contributed by atoms with van der Waals surface area (Å²) in [5, 5.41) is 17.4. The number of aliphatic carboxylic acids is 1. The second kappa shape index (κ2) is 13.4. The van der Waals surface area contributed by atoms with Crippen LogP contribution in [0.1, 0.15) is 45.5 Å². The minimum atomic E-state index is -1.23. The van der Waals surface area contributed by atoms with Crippen molar-refractivity contribution in [3.05, 3.63) is 36.4 Å². The van der Waals surface area contributed by atoms with E-state index in [2.05, 4.69) is 35.9 Å². The standard InChI is InChI=1S/C23H36N8O5/c1-5-13(4)18(24)21(33)29-16(6-14-8-25-10-27-14)20(32)31-19(12(2)3)22(34)30-17(23(35)36)7-15-9-26-11-28-15/h8-13,16-19H,5-7,24H2,1-4H3,(H,25,27)(H,26,28)(H,29,33)(H,30,34)(H,31,32)(H,35,36). The molecule has 3 amide bonds. The number of hydrogen-bond donors (Lipinski definition) is 7. The third-order valence-electron chi connectivity index (χ3n) is 6.01. The number of imidazole rings is 2. The number of nitrogens with two attached hydrogens (primary N) is 1. The quantitative estimate of drug-likeness (QED) is 0.178. The smallest absolute Gasteiger partial charge is 0.326 e.